The second kappa shape index (κ2) is 4.33. The van der Waals surface area contributed by atoms with Crippen molar-refractivity contribution in [3.05, 3.63) is 24.3 Å². The summed E-state index contributed by atoms with van der Waals surface area (Å²) in [4.78, 5) is 16.0. The number of oxazole rings is 1. The van der Waals surface area contributed by atoms with Crippen LogP contribution in [-0.2, 0) is 4.79 Å². The van der Waals surface area contributed by atoms with E-state index in [0.717, 1.165) is 23.9 Å². The van der Waals surface area contributed by atoms with E-state index in [1.165, 1.54) is 0 Å². The van der Waals surface area contributed by atoms with Crippen LogP contribution in [0.2, 0.25) is 0 Å². The first kappa shape index (κ1) is 11.1. The second-order valence-corrected chi connectivity index (χ2v) is 4.64. The van der Waals surface area contributed by atoms with Crippen LogP contribution in [0.15, 0.2) is 28.7 Å². The molecule has 0 saturated heterocycles. The first-order valence-electron chi connectivity index (χ1n) is 6.15. The van der Waals surface area contributed by atoms with E-state index in [2.05, 4.69) is 15.6 Å². The predicted molar refractivity (Wildman–Crippen MR) is 68.3 cm³/mol. The fourth-order valence-corrected chi connectivity index (χ4v) is 1.74. The predicted octanol–water partition coefficient (Wildman–Crippen LogP) is 1.91. The molecule has 1 fully saturated rings. The molecule has 1 aliphatic carbocycles. The minimum Gasteiger partial charge on any atom is -0.424 e. The molecule has 1 heterocycles. The molecular weight excluding hydrogens is 230 g/mol. The average Bonchev–Trinajstić information content (AvgIpc) is 3.07. The maximum absolute atomic E-state index is 11.8. The lowest BCUT2D eigenvalue weighted by atomic mass is 10.3. The average molecular weight is 245 g/mol. The van der Waals surface area contributed by atoms with Crippen molar-refractivity contribution in [1.29, 1.82) is 0 Å². The highest BCUT2D eigenvalue weighted by Gasteiger charge is 2.26. The molecule has 2 aromatic rings. The molecule has 1 aromatic carbocycles. The molecule has 1 atom stereocenters. The van der Waals surface area contributed by atoms with Gasteiger partial charge in [0.1, 0.15) is 11.6 Å². The lowest BCUT2D eigenvalue weighted by molar-refractivity contribution is -0.121. The van der Waals surface area contributed by atoms with E-state index in [4.69, 9.17) is 4.42 Å². The number of nitrogens with zero attached hydrogens (tertiary/aromatic N) is 1. The Balaban J connectivity index is 1.68. The van der Waals surface area contributed by atoms with E-state index in [0.29, 0.717) is 12.1 Å². The second-order valence-electron chi connectivity index (χ2n) is 4.64. The van der Waals surface area contributed by atoms with Crippen molar-refractivity contribution < 1.29 is 9.21 Å². The molecule has 1 aromatic heterocycles. The fourth-order valence-electron chi connectivity index (χ4n) is 1.74. The maximum atomic E-state index is 11.8. The molecule has 94 valence electrons. The van der Waals surface area contributed by atoms with Gasteiger partial charge in [0.2, 0.25) is 5.91 Å². The summed E-state index contributed by atoms with van der Waals surface area (Å²) in [6, 6.07) is 7.92. The van der Waals surface area contributed by atoms with Gasteiger partial charge in [-0.1, -0.05) is 12.1 Å². The van der Waals surface area contributed by atoms with E-state index in [-0.39, 0.29) is 11.9 Å². The Labute approximate surface area is 105 Å². The standard InChI is InChI=1S/C13H15N3O2/c1-8(12(17)15-9-6-7-9)14-13-16-10-4-2-3-5-11(10)18-13/h2-5,8-9H,6-7H2,1H3,(H,14,16)(H,15,17). The third-order valence-electron chi connectivity index (χ3n) is 2.95. The van der Waals surface area contributed by atoms with Crippen LogP contribution in [0.1, 0.15) is 19.8 Å². The van der Waals surface area contributed by atoms with Crippen LogP contribution in [0.25, 0.3) is 11.1 Å². The van der Waals surface area contributed by atoms with Gasteiger partial charge in [-0.15, -0.1) is 0 Å². The number of carbonyl (C=O) groups excluding carboxylic acids is 1. The lowest BCUT2D eigenvalue weighted by Crippen LogP contribution is -2.38. The Morgan fingerprint density at radius 3 is 2.94 bits per heavy atom. The molecular formula is C13H15N3O2. The van der Waals surface area contributed by atoms with Crippen molar-refractivity contribution in [2.75, 3.05) is 5.32 Å². The van der Waals surface area contributed by atoms with Crippen molar-refractivity contribution in [2.24, 2.45) is 0 Å². The number of amides is 1. The van der Waals surface area contributed by atoms with Gasteiger partial charge in [0, 0.05) is 6.04 Å². The zero-order valence-electron chi connectivity index (χ0n) is 10.1. The number of aromatic nitrogens is 1. The summed E-state index contributed by atoms with van der Waals surface area (Å²) in [5.41, 5.74) is 1.50. The first-order chi connectivity index (χ1) is 8.72. The van der Waals surface area contributed by atoms with Crippen LogP contribution < -0.4 is 10.6 Å². The van der Waals surface area contributed by atoms with E-state index in [1.807, 2.05) is 24.3 Å². The topological polar surface area (TPSA) is 67.2 Å². The first-order valence-corrected chi connectivity index (χ1v) is 6.15. The highest BCUT2D eigenvalue weighted by molar-refractivity contribution is 5.84. The summed E-state index contributed by atoms with van der Waals surface area (Å²) in [5.74, 6) is -0.0141. The van der Waals surface area contributed by atoms with Crippen LogP contribution in [0.3, 0.4) is 0 Å². The molecule has 2 N–H and O–H groups in total. The van der Waals surface area contributed by atoms with Gasteiger partial charge >= 0.3 is 0 Å². The molecule has 3 rings (SSSR count). The third kappa shape index (κ3) is 2.30. The van der Waals surface area contributed by atoms with E-state index < -0.39 is 0 Å². The fraction of sp³-hybridized carbons (Fsp3) is 0.385. The number of hydrogen-bond acceptors (Lipinski definition) is 4. The largest absolute Gasteiger partial charge is 0.424 e. The van der Waals surface area contributed by atoms with Gasteiger partial charge in [0.15, 0.2) is 5.58 Å². The summed E-state index contributed by atoms with van der Waals surface area (Å²) in [7, 11) is 0. The van der Waals surface area contributed by atoms with Crippen LogP contribution in [0, 0.1) is 0 Å². The van der Waals surface area contributed by atoms with Crippen molar-refractivity contribution >= 4 is 23.0 Å². The molecule has 1 saturated carbocycles. The van der Waals surface area contributed by atoms with E-state index in [1.54, 1.807) is 6.92 Å². The molecule has 0 bridgehead atoms. The normalized spacial score (nSPS) is 16.5. The monoisotopic (exact) mass is 245 g/mol. The molecule has 1 aliphatic rings. The summed E-state index contributed by atoms with van der Waals surface area (Å²) in [5, 5.41) is 5.91. The molecule has 5 heteroatoms. The van der Waals surface area contributed by atoms with Crippen LogP contribution in [0.5, 0.6) is 0 Å². The molecule has 18 heavy (non-hydrogen) atoms. The van der Waals surface area contributed by atoms with Crippen LogP contribution >= 0.6 is 0 Å². The summed E-state index contributed by atoms with van der Waals surface area (Å²) >= 11 is 0. The van der Waals surface area contributed by atoms with Crippen molar-refractivity contribution in [1.82, 2.24) is 10.3 Å². The van der Waals surface area contributed by atoms with Gasteiger partial charge < -0.3 is 15.1 Å². The zero-order chi connectivity index (χ0) is 12.5. The van der Waals surface area contributed by atoms with Crippen LogP contribution in [0.4, 0.5) is 6.01 Å². The number of rotatable bonds is 4. The molecule has 5 nitrogen and oxygen atoms in total. The number of nitrogens with one attached hydrogen (secondary N) is 2. The summed E-state index contributed by atoms with van der Waals surface area (Å²) in [6.45, 7) is 1.80. The molecule has 0 radical (unpaired) electrons. The number of para-hydroxylation sites is 2. The van der Waals surface area contributed by atoms with Gasteiger partial charge in [0.25, 0.3) is 6.01 Å². The summed E-state index contributed by atoms with van der Waals surface area (Å²) < 4.78 is 5.51. The number of hydrogen-bond donors (Lipinski definition) is 2. The number of anilines is 1. The quantitative estimate of drug-likeness (QED) is 0.863. The molecule has 0 spiro atoms. The van der Waals surface area contributed by atoms with Gasteiger partial charge in [0.05, 0.1) is 0 Å². The van der Waals surface area contributed by atoms with Gasteiger partial charge in [-0.25, -0.2) is 0 Å². The highest BCUT2D eigenvalue weighted by atomic mass is 16.4. The maximum Gasteiger partial charge on any atom is 0.296 e. The number of carbonyl (C=O) groups is 1. The van der Waals surface area contributed by atoms with E-state index >= 15 is 0 Å². The Kier molecular flexibility index (Phi) is 2.66. The van der Waals surface area contributed by atoms with E-state index in [9.17, 15) is 4.79 Å². The molecule has 1 unspecified atom stereocenters. The van der Waals surface area contributed by atoms with Gasteiger partial charge in [-0.05, 0) is 31.9 Å². The SMILES string of the molecule is CC(Nc1nc2ccccc2o1)C(=O)NC1CC1. The zero-order valence-corrected chi connectivity index (χ0v) is 10.1. The third-order valence-corrected chi connectivity index (χ3v) is 2.95. The number of fused-ring (bicyclic) bond motifs is 1. The smallest absolute Gasteiger partial charge is 0.296 e. The minimum absolute atomic E-state index is 0.0141. The lowest BCUT2D eigenvalue weighted by Gasteiger charge is -2.11. The van der Waals surface area contributed by atoms with Crippen molar-refractivity contribution in [2.45, 2.75) is 31.8 Å². The van der Waals surface area contributed by atoms with Crippen molar-refractivity contribution in [3.63, 3.8) is 0 Å². The van der Waals surface area contributed by atoms with Crippen LogP contribution in [-0.4, -0.2) is 23.0 Å². The highest BCUT2D eigenvalue weighted by Crippen LogP contribution is 2.20. The Hall–Kier alpha value is -2.04. The Bertz CT molecular complexity index is 541. The number of benzene rings is 1. The van der Waals surface area contributed by atoms with Gasteiger partial charge in [-0.3, -0.25) is 4.79 Å². The summed E-state index contributed by atoms with van der Waals surface area (Å²) in [6.07, 6.45) is 2.17. The molecule has 1 amide bonds. The minimum atomic E-state index is -0.348. The Morgan fingerprint density at radius 1 is 1.44 bits per heavy atom. The van der Waals surface area contributed by atoms with Gasteiger partial charge in [-0.2, -0.15) is 4.98 Å². The molecule has 0 aliphatic heterocycles. The van der Waals surface area contributed by atoms with Crippen molar-refractivity contribution in [3.8, 4) is 0 Å². The Morgan fingerprint density at radius 2 is 2.22 bits per heavy atom.